The van der Waals surface area contributed by atoms with Crippen molar-refractivity contribution in [2.75, 3.05) is 27.2 Å². The lowest BCUT2D eigenvalue weighted by atomic mass is 10.2. The molecule has 2 atom stereocenters. The summed E-state index contributed by atoms with van der Waals surface area (Å²) in [6.07, 6.45) is 1.73. The van der Waals surface area contributed by atoms with Gasteiger partial charge in [0.25, 0.3) is 0 Å². The topological polar surface area (TPSA) is 68.2 Å². The van der Waals surface area contributed by atoms with E-state index in [-0.39, 0.29) is 18.0 Å². The molecule has 15 heavy (non-hydrogen) atoms. The van der Waals surface area contributed by atoms with Crippen LogP contribution in [0.1, 0.15) is 12.8 Å². The zero-order chi connectivity index (χ0) is 11.3. The van der Waals surface area contributed by atoms with Crippen molar-refractivity contribution in [3.8, 4) is 6.07 Å². The first-order valence-electron chi connectivity index (χ1n) is 5.26. The number of rotatable bonds is 4. The van der Waals surface area contributed by atoms with Crippen molar-refractivity contribution >= 4 is 5.91 Å². The minimum Gasteiger partial charge on any atom is -0.325 e. The van der Waals surface area contributed by atoms with Gasteiger partial charge in [-0.25, -0.2) is 0 Å². The number of hydrogen-bond donors (Lipinski definition) is 2. The zero-order valence-corrected chi connectivity index (χ0v) is 9.29. The van der Waals surface area contributed by atoms with E-state index in [9.17, 15) is 4.79 Å². The Labute approximate surface area is 90.4 Å². The molecule has 0 spiro atoms. The van der Waals surface area contributed by atoms with Crippen LogP contribution in [0.3, 0.4) is 0 Å². The van der Waals surface area contributed by atoms with Crippen LogP contribution in [0.2, 0.25) is 0 Å². The minimum absolute atomic E-state index is 0.0240. The summed E-state index contributed by atoms with van der Waals surface area (Å²) >= 11 is 0. The number of nitrogens with one attached hydrogen (secondary N) is 2. The molecule has 0 saturated carbocycles. The summed E-state index contributed by atoms with van der Waals surface area (Å²) in [7, 11) is 3.57. The molecule has 1 aliphatic rings. The lowest BCUT2D eigenvalue weighted by Gasteiger charge is -2.25. The summed E-state index contributed by atoms with van der Waals surface area (Å²) in [5, 5.41) is 14.8. The molecule has 2 unspecified atom stereocenters. The SMILES string of the molecule is CNCC(NC)C(=O)N1CCCC1C#N. The van der Waals surface area contributed by atoms with Gasteiger partial charge >= 0.3 is 0 Å². The van der Waals surface area contributed by atoms with E-state index in [1.165, 1.54) is 0 Å². The molecule has 84 valence electrons. The van der Waals surface area contributed by atoms with E-state index in [1.807, 2.05) is 7.05 Å². The van der Waals surface area contributed by atoms with Gasteiger partial charge in [-0.05, 0) is 26.9 Å². The fraction of sp³-hybridized carbons (Fsp3) is 0.800. The molecule has 1 fully saturated rings. The maximum atomic E-state index is 12.0. The monoisotopic (exact) mass is 210 g/mol. The molecule has 0 aromatic carbocycles. The summed E-state index contributed by atoms with van der Waals surface area (Å²) in [6.45, 7) is 1.29. The summed E-state index contributed by atoms with van der Waals surface area (Å²) in [6, 6.07) is 1.71. The third kappa shape index (κ3) is 2.67. The third-order valence-corrected chi connectivity index (χ3v) is 2.74. The molecule has 0 radical (unpaired) electrons. The van der Waals surface area contributed by atoms with Crippen LogP contribution in [0, 0.1) is 11.3 Å². The average molecular weight is 210 g/mol. The lowest BCUT2D eigenvalue weighted by Crippen LogP contribution is -2.50. The van der Waals surface area contributed by atoms with Gasteiger partial charge in [-0.2, -0.15) is 5.26 Å². The van der Waals surface area contributed by atoms with Gasteiger partial charge < -0.3 is 15.5 Å². The molecule has 1 aliphatic heterocycles. The van der Waals surface area contributed by atoms with Crippen LogP contribution >= 0.6 is 0 Å². The number of likely N-dealkylation sites (tertiary alicyclic amines) is 1. The quantitative estimate of drug-likeness (QED) is 0.644. The van der Waals surface area contributed by atoms with E-state index in [0.29, 0.717) is 13.1 Å². The number of nitriles is 1. The first kappa shape index (κ1) is 12.0. The molecule has 1 saturated heterocycles. The van der Waals surface area contributed by atoms with Gasteiger partial charge in [0.05, 0.1) is 12.1 Å². The van der Waals surface area contributed by atoms with E-state index in [4.69, 9.17) is 5.26 Å². The van der Waals surface area contributed by atoms with Crippen molar-refractivity contribution in [3.05, 3.63) is 0 Å². The highest BCUT2D eigenvalue weighted by Gasteiger charge is 2.31. The Morgan fingerprint density at radius 1 is 1.67 bits per heavy atom. The predicted octanol–water partition coefficient (Wildman–Crippen LogP) is -0.692. The van der Waals surface area contributed by atoms with E-state index in [0.717, 1.165) is 12.8 Å². The molecule has 1 rings (SSSR count). The van der Waals surface area contributed by atoms with Crippen molar-refractivity contribution in [1.29, 1.82) is 5.26 Å². The van der Waals surface area contributed by atoms with Crippen LogP contribution in [-0.2, 0) is 4.79 Å². The highest BCUT2D eigenvalue weighted by Crippen LogP contribution is 2.17. The van der Waals surface area contributed by atoms with E-state index in [1.54, 1.807) is 11.9 Å². The fourth-order valence-corrected chi connectivity index (χ4v) is 1.88. The number of nitrogens with zero attached hydrogens (tertiary/aromatic N) is 2. The van der Waals surface area contributed by atoms with E-state index < -0.39 is 0 Å². The maximum Gasteiger partial charge on any atom is 0.242 e. The van der Waals surface area contributed by atoms with Crippen molar-refractivity contribution < 1.29 is 4.79 Å². The number of amides is 1. The third-order valence-electron chi connectivity index (χ3n) is 2.74. The molecular formula is C10H18N4O. The second kappa shape index (κ2) is 5.69. The highest BCUT2D eigenvalue weighted by atomic mass is 16.2. The smallest absolute Gasteiger partial charge is 0.242 e. The number of carbonyl (C=O) groups is 1. The number of hydrogen-bond acceptors (Lipinski definition) is 4. The molecular weight excluding hydrogens is 192 g/mol. The van der Waals surface area contributed by atoms with Crippen molar-refractivity contribution in [2.45, 2.75) is 24.9 Å². The number of likely N-dealkylation sites (N-methyl/N-ethyl adjacent to an activating group) is 2. The molecule has 1 amide bonds. The van der Waals surface area contributed by atoms with Gasteiger partial charge in [0.1, 0.15) is 6.04 Å². The molecule has 0 bridgehead atoms. The van der Waals surface area contributed by atoms with Crippen LogP contribution in [0.4, 0.5) is 0 Å². The molecule has 0 aliphatic carbocycles. The molecule has 5 heteroatoms. The molecule has 0 aromatic heterocycles. The molecule has 1 heterocycles. The first-order valence-corrected chi connectivity index (χ1v) is 5.26. The second-order valence-corrected chi connectivity index (χ2v) is 3.72. The summed E-state index contributed by atoms with van der Waals surface area (Å²) in [4.78, 5) is 13.7. The van der Waals surface area contributed by atoms with E-state index in [2.05, 4.69) is 16.7 Å². The second-order valence-electron chi connectivity index (χ2n) is 3.72. The van der Waals surface area contributed by atoms with Gasteiger partial charge in [-0.15, -0.1) is 0 Å². The highest BCUT2D eigenvalue weighted by molar-refractivity contribution is 5.83. The molecule has 0 aromatic rings. The number of carbonyl (C=O) groups excluding carboxylic acids is 1. The Hall–Kier alpha value is -1.12. The minimum atomic E-state index is -0.232. The van der Waals surface area contributed by atoms with E-state index >= 15 is 0 Å². The van der Waals surface area contributed by atoms with Crippen molar-refractivity contribution in [2.24, 2.45) is 0 Å². The molecule has 2 N–H and O–H groups in total. The fourth-order valence-electron chi connectivity index (χ4n) is 1.88. The molecule has 5 nitrogen and oxygen atoms in total. The standard InChI is InChI=1S/C10H18N4O/c1-12-7-9(13-2)10(15)14-5-3-4-8(14)6-11/h8-9,12-13H,3-5,7H2,1-2H3. The first-order chi connectivity index (χ1) is 7.24. The predicted molar refractivity (Wildman–Crippen MR) is 57.1 cm³/mol. The summed E-state index contributed by atoms with van der Waals surface area (Å²) in [5.41, 5.74) is 0. The summed E-state index contributed by atoms with van der Waals surface area (Å²) in [5.74, 6) is 0.0240. The van der Waals surface area contributed by atoms with Crippen LogP contribution < -0.4 is 10.6 Å². The Bertz CT molecular complexity index is 261. The van der Waals surface area contributed by atoms with Gasteiger partial charge in [-0.1, -0.05) is 0 Å². The Morgan fingerprint density at radius 2 is 2.40 bits per heavy atom. The van der Waals surface area contributed by atoms with Gasteiger partial charge in [0.2, 0.25) is 5.91 Å². The van der Waals surface area contributed by atoms with Crippen molar-refractivity contribution in [1.82, 2.24) is 15.5 Å². The van der Waals surface area contributed by atoms with Crippen LogP contribution in [0.25, 0.3) is 0 Å². The Balaban J connectivity index is 2.62. The average Bonchev–Trinajstić information content (AvgIpc) is 2.72. The Morgan fingerprint density at radius 3 is 2.93 bits per heavy atom. The largest absolute Gasteiger partial charge is 0.325 e. The van der Waals surface area contributed by atoms with Gasteiger partial charge in [0, 0.05) is 13.1 Å². The van der Waals surface area contributed by atoms with Crippen molar-refractivity contribution in [3.63, 3.8) is 0 Å². The van der Waals surface area contributed by atoms with Crippen LogP contribution in [0.15, 0.2) is 0 Å². The van der Waals surface area contributed by atoms with Gasteiger partial charge in [0.15, 0.2) is 0 Å². The summed E-state index contributed by atoms with van der Waals surface area (Å²) < 4.78 is 0. The normalized spacial score (nSPS) is 22.5. The van der Waals surface area contributed by atoms with Crippen LogP contribution in [-0.4, -0.2) is 50.1 Å². The Kier molecular flexibility index (Phi) is 4.53. The van der Waals surface area contributed by atoms with Gasteiger partial charge in [-0.3, -0.25) is 4.79 Å². The maximum absolute atomic E-state index is 12.0. The lowest BCUT2D eigenvalue weighted by molar-refractivity contribution is -0.133. The zero-order valence-electron chi connectivity index (χ0n) is 9.29. The van der Waals surface area contributed by atoms with Crippen LogP contribution in [0.5, 0.6) is 0 Å².